The molecule has 2 heterocycles. The van der Waals surface area contributed by atoms with Crippen LogP contribution in [0.4, 0.5) is 4.39 Å². The third-order valence-electron chi connectivity index (χ3n) is 4.87. The summed E-state index contributed by atoms with van der Waals surface area (Å²) in [5.74, 6) is -0.775. The van der Waals surface area contributed by atoms with Gasteiger partial charge in [-0.15, -0.1) is 0 Å². The van der Waals surface area contributed by atoms with Crippen molar-refractivity contribution in [3.05, 3.63) is 77.2 Å². The van der Waals surface area contributed by atoms with E-state index >= 15 is 0 Å². The van der Waals surface area contributed by atoms with Crippen LogP contribution in [0.25, 0.3) is 10.9 Å². The Morgan fingerprint density at radius 3 is 2.64 bits per heavy atom. The van der Waals surface area contributed by atoms with E-state index < -0.39 is 11.4 Å². The minimum atomic E-state index is -0.974. The lowest BCUT2D eigenvalue weighted by atomic mass is 9.81. The molecule has 1 unspecified atom stereocenters. The molecule has 0 aliphatic carbocycles. The molecule has 1 aliphatic heterocycles. The van der Waals surface area contributed by atoms with Gasteiger partial charge in [-0.3, -0.25) is 9.79 Å². The van der Waals surface area contributed by atoms with Crippen molar-refractivity contribution in [3.8, 4) is 0 Å². The van der Waals surface area contributed by atoms with Crippen molar-refractivity contribution in [2.24, 2.45) is 4.99 Å². The quantitative estimate of drug-likeness (QED) is 0.689. The predicted molar refractivity (Wildman–Crippen MR) is 96.8 cm³/mol. The number of carbonyl (C=O) groups excluding carboxylic acids is 1. The largest absolute Gasteiger partial charge is 0.291 e. The Morgan fingerprint density at radius 2 is 1.84 bits per heavy atom. The Bertz CT molecular complexity index is 1040. The van der Waals surface area contributed by atoms with Gasteiger partial charge in [0.15, 0.2) is 5.78 Å². The van der Waals surface area contributed by atoms with Crippen molar-refractivity contribution in [2.45, 2.75) is 25.8 Å². The first-order valence-corrected chi connectivity index (χ1v) is 8.33. The second kappa shape index (κ2) is 5.59. The van der Waals surface area contributed by atoms with Gasteiger partial charge in [0.05, 0.1) is 22.5 Å². The number of aromatic nitrogens is 1. The van der Waals surface area contributed by atoms with E-state index in [1.54, 1.807) is 19.1 Å². The first kappa shape index (κ1) is 15.6. The van der Waals surface area contributed by atoms with Gasteiger partial charge in [-0.25, -0.2) is 9.37 Å². The van der Waals surface area contributed by atoms with Gasteiger partial charge in [0.25, 0.3) is 0 Å². The molecule has 0 amide bonds. The van der Waals surface area contributed by atoms with Crippen molar-refractivity contribution >= 4 is 22.4 Å². The van der Waals surface area contributed by atoms with Gasteiger partial charge in [0.1, 0.15) is 11.4 Å². The van der Waals surface area contributed by atoms with Crippen molar-refractivity contribution in [3.63, 3.8) is 0 Å². The molecule has 25 heavy (non-hydrogen) atoms. The minimum absolute atomic E-state index is 0.117. The summed E-state index contributed by atoms with van der Waals surface area (Å²) in [4.78, 5) is 22.2. The Morgan fingerprint density at radius 1 is 1.04 bits per heavy atom. The number of benzene rings is 2. The molecule has 1 aromatic heterocycles. The number of rotatable bonds is 2. The summed E-state index contributed by atoms with van der Waals surface area (Å²) in [6.45, 7) is 3.64. The highest BCUT2D eigenvalue weighted by atomic mass is 19.1. The number of carbonyl (C=O) groups is 1. The number of hydrogen-bond acceptors (Lipinski definition) is 3. The number of aliphatic imine (C=N–C) groups is 1. The highest BCUT2D eigenvalue weighted by Gasteiger charge is 2.40. The van der Waals surface area contributed by atoms with Crippen LogP contribution in [0.2, 0.25) is 0 Å². The van der Waals surface area contributed by atoms with Crippen LogP contribution in [0.1, 0.15) is 41.9 Å². The lowest BCUT2D eigenvalue weighted by Crippen LogP contribution is -2.39. The molecule has 124 valence electrons. The lowest BCUT2D eigenvalue weighted by Gasteiger charge is -2.30. The first-order chi connectivity index (χ1) is 12.0. The number of Topliss-reactive ketones (excluding diaryl/α,β-unsaturated/α-hetero) is 1. The van der Waals surface area contributed by atoms with Crippen molar-refractivity contribution in [1.82, 2.24) is 4.98 Å². The maximum absolute atomic E-state index is 14.4. The van der Waals surface area contributed by atoms with Crippen LogP contribution in [0.5, 0.6) is 0 Å². The van der Waals surface area contributed by atoms with Crippen LogP contribution in [0.3, 0.4) is 0 Å². The Hall–Kier alpha value is -2.88. The smallest absolute Gasteiger partial charge is 0.193 e. The standard InChI is InChI=1S/C21H17FN2O/c1-3-21(2)20(25)18-14(8-6-9-15(18)22)19(24-21)17-12-11-13-7-4-5-10-16(13)23-17/h4-12H,3H2,1-2H3. The molecule has 1 aliphatic rings. The fourth-order valence-electron chi connectivity index (χ4n) is 3.21. The molecule has 4 rings (SSSR count). The third-order valence-corrected chi connectivity index (χ3v) is 4.87. The summed E-state index contributed by atoms with van der Waals surface area (Å²) in [7, 11) is 0. The van der Waals surface area contributed by atoms with E-state index in [1.807, 2.05) is 43.3 Å². The van der Waals surface area contributed by atoms with Crippen LogP contribution in [0.15, 0.2) is 59.6 Å². The molecule has 3 aromatic rings. The minimum Gasteiger partial charge on any atom is -0.291 e. The molecule has 2 aromatic carbocycles. The van der Waals surface area contributed by atoms with E-state index in [9.17, 15) is 9.18 Å². The topological polar surface area (TPSA) is 42.3 Å². The number of hydrogen-bond donors (Lipinski definition) is 0. The van der Waals surface area contributed by atoms with Gasteiger partial charge >= 0.3 is 0 Å². The van der Waals surface area contributed by atoms with Gasteiger partial charge in [-0.2, -0.15) is 0 Å². The zero-order chi connectivity index (χ0) is 17.6. The number of para-hydroxylation sites is 1. The fourth-order valence-corrected chi connectivity index (χ4v) is 3.21. The van der Waals surface area contributed by atoms with E-state index in [1.165, 1.54) is 6.07 Å². The molecule has 0 saturated carbocycles. The maximum Gasteiger partial charge on any atom is 0.193 e. The normalized spacial score (nSPS) is 19.6. The molecular formula is C21H17FN2O. The first-order valence-electron chi connectivity index (χ1n) is 8.33. The van der Waals surface area contributed by atoms with Crippen molar-refractivity contribution in [1.29, 1.82) is 0 Å². The van der Waals surface area contributed by atoms with Crippen molar-refractivity contribution < 1.29 is 9.18 Å². The van der Waals surface area contributed by atoms with Crippen LogP contribution < -0.4 is 0 Å². The molecule has 0 fully saturated rings. The molecule has 0 saturated heterocycles. The Kier molecular flexibility index (Phi) is 3.49. The second-order valence-electron chi connectivity index (χ2n) is 6.47. The zero-order valence-corrected chi connectivity index (χ0v) is 14.1. The van der Waals surface area contributed by atoms with Gasteiger partial charge in [0.2, 0.25) is 0 Å². The number of halogens is 1. The molecule has 1 atom stereocenters. The van der Waals surface area contributed by atoms with Gasteiger partial charge < -0.3 is 0 Å². The highest BCUT2D eigenvalue weighted by Crippen LogP contribution is 2.33. The summed E-state index contributed by atoms with van der Waals surface area (Å²) in [5.41, 5.74) is 1.72. The molecule has 0 radical (unpaired) electrons. The van der Waals surface area contributed by atoms with E-state index in [0.29, 0.717) is 23.4 Å². The number of ketones is 1. The van der Waals surface area contributed by atoms with Crippen LogP contribution in [0, 0.1) is 5.82 Å². The van der Waals surface area contributed by atoms with E-state index in [4.69, 9.17) is 4.99 Å². The number of nitrogens with zero attached hydrogens (tertiary/aromatic N) is 2. The summed E-state index contributed by atoms with van der Waals surface area (Å²) in [6, 6.07) is 16.3. The fraction of sp³-hybridized carbons (Fsp3) is 0.190. The average Bonchev–Trinajstić information content (AvgIpc) is 2.64. The Labute approximate surface area is 145 Å². The predicted octanol–water partition coefficient (Wildman–Crippen LogP) is 4.58. The number of fused-ring (bicyclic) bond motifs is 2. The lowest BCUT2D eigenvalue weighted by molar-refractivity contribution is 0.0892. The van der Waals surface area contributed by atoms with Crippen LogP contribution >= 0.6 is 0 Å². The maximum atomic E-state index is 14.4. The summed E-state index contributed by atoms with van der Waals surface area (Å²) >= 11 is 0. The van der Waals surface area contributed by atoms with Gasteiger partial charge in [-0.1, -0.05) is 43.3 Å². The number of pyridine rings is 1. The summed E-state index contributed by atoms with van der Waals surface area (Å²) in [6.07, 6.45) is 0.497. The summed E-state index contributed by atoms with van der Waals surface area (Å²) in [5, 5.41) is 1.02. The third kappa shape index (κ3) is 2.37. The molecule has 0 bridgehead atoms. The summed E-state index contributed by atoms with van der Waals surface area (Å²) < 4.78 is 14.4. The highest BCUT2D eigenvalue weighted by molar-refractivity contribution is 6.23. The van der Waals surface area contributed by atoms with E-state index in [-0.39, 0.29) is 11.3 Å². The van der Waals surface area contributed by atoms with Crippen molar-refractivity contribution in [2.75, 3.05) is 0 Å². The van der Waals surface area contributed by atoms with Gasteiger partial charge in [0, 0.05) is 10.9 Å². The van der Waals surface area contributed by atoms with Crippen LogP contribution in [-0.2, 0) is 0 Å². The molecule has 3 nitrogen and oxygen atoms in total. The molecule has 0 N–H and O–H groups in total. The zero-order valence-electron chi connectivity index (χ0n) is 14.1. The molecule has 4 heteroatoms. The van der Waals surface area contributed by atoms with Crippen LogP contribution in [-0.4, -0.2) is 22.0 Å². The van der Waals surface area contributed by atoms with E-state index in [2.05, 4.69) is 4.98 Å². The molecule has 0 spiro atoms. The second-order valence-corrected chi connectivity index (χ2v) is 6.47. The SMILES string of the molecule is CCC1(C)N=C(c2ccc3ccccc3n2)c2cccc(F)c2C1=O. The monoisotopic (exact) mass is 332 g/mol. The van der Waals surface area contributed by atoms with E-state index in [0.717, 1.165) is 10.9 Å². The molecular weight excluding hydrogens is 315 g/mol. The average molecular weight is 332 g/mol. The Balaban J connectivity index is 1.99. The van der Waals surface area contributed by atoms with Gasteiger partial charge in [-0.05, 0) is 31.5 Å².